The topological polar surface area (TPSA) is 100 Å². The van der Waals surface area contributed by atoms with Gasteiger partial charge in [-0.05, 0) is 38.0 Å². The third-order valence-electron chi connectivity index (χ3n) is 5.27. The van der Waals surface area contributed by atoms with Gasteiger partial charge >= 0.3 is 6.03 Å². The van der Waals surface area contributed by atoms with Crippen molar-refractivity contribution in [2.75, 3.05) is 38.2 Å². The van der Waals surface area contributed by atoms with Crippen LogP contribution in [0.5, 0.6) is 5.75 Å². The zero-order chi connectivity index (χ0) is 19.1. The Morgan fingerprint density at radius 3 is 2.78 bits per heavy atom. The van der Waals surface area contributed by atoms with Crippen LogP contribution in [-0.4, -0.2) is 59.4 Å². The van der Waals surface area contributed by atoms with Crippen molar-refractivity contribution in [3.8, 4) is 5.75 Å². The molecule has 0 atom stereocenters. The molecule has 2 amide bonds. The third-order valence-corrected chi connectivity index (χ3v) is 5.27. The van der Waals surface area contributed by atoms with E-state index in [1.54, 1.807) is 12.0 Å². The van der Waals surface area contributed by atoms with Crippen LogP contribution in [0.2, 0.25) is 0 Å². The molecule has 1 aromatic carbocycles. The Balaban J connectivity index is 1.94. The van der Waals surface area contributed by atoms with Crippen LogP contribution in [0.3, 0.4) is 0 Å². The molecule has 0 bridgehead atoms. The number of methoxy groups -OCH3 is 1. The van der Waals surface area contributed by atoms with Gasteiger partial charge in [0.15, 0.2) is 5.65 Å². The second-order valence-electron chi connectivity index (χ2n) is 7.01. The van der Waals surface area contributed by atoms with Gasteiger partial charge in [-0.3, -0.25) is 5.10 Å². The number of pyridine rings is 1. The van der Waals surface area contributed by atoms with E-state index in [1.807, 2.05) is 26.0 Å². The van der Waals surface area contributed by atoms with E-state index in [1.165, 1.54) is 0 Å². The molecule has 2 aromatic heterocycles. The first-order valence-electron chi connectivity index (χ1n) is 9.12. The highest BCUT2D eigenvalue weighted by Gasteiger charge is 2.24. The second-order valence-corrected chi connectivity index (χ2v) is 7.01. The van der Waals surface area contributed by atoms with E-state index in [4.69, 9.17) is 15.5 Å². The van der Waals surface area contributed by atoms with Crippen molar-refractivity contribution in [2.24, 2.45) is 5.73 Å². The maximum Gasteiger partial charge on any atom is 0.314 e. The summed E-state index contributed by atoms with van der Waals surface area (Å²) in [5.41, 5.74) is 10.2. The molecule has 1 aliphatic heterocycles. The normalized spacial score (nSPS) is 15.4. The minimum Gasteiger partial charge on any atom is -0.497 e. The predicted molar refractivity (Wildman–Crippen MR) is 105 cm³/mol. The number of primary amides is 1. The van der Waals surface area contributed by atoms with E-state index >= 15 is 0 Å². The number of aromatic nitrogens is 3. The summed E-state index contributed by atoms with van der Waals surface area (Å²) in [5.74, 6) is 0.803. The standard InChI is InChI=1S/C19H24N6O2/c1-11-9-13(27-3)10-14-16(11)21-18-15(12(2)22-23-18)17(14)24-5-4-6-25(8-7-24)19(20)26/h9-10H,4-8H2,1-3H3,(H2,20,26)(H,21,22,23). The fraction of sp³-hybridized carbons (Fsp3) is 0.421. The summed E-state index contributed by atoms with van der Waals surface area (Å²) in [4.78, 5) is 20.4. The maximum absolute atomic E-state index is 11.6. The second kappa shape index (κ2) is 6.61. The first-order valence-corrected chi connectivity index (χ1v) is 9.12. The Bertz CT molecular complexity index is 1030. The zero-order valence-electron chi connectivity index (χ0n) is 15.9. The number of aromatic amines is 1. The quantitative estimate of drug-likeness (QED) is 0.723. The molecule has 0 aliphatic carbocycles. The monoisotopic (exact) mass is 368 g/mol. The van der Waals surface area contributed by atoms with Crippen molar-refractivity contribution >= 4 is 33.7 Å². The molecule has 142 valence electrons. The fourth-order valence-electron chi connectivity index (χ4n) is 3.90. The summed E-state index contributed by atoms with van der Waals surface area (Å²) in [6.07, 6.45) is 0.855. The molecule has 4 rings (SSSR count). The number of carbonyl (C=O) groups excluding carboxylic acids is 1. The molecule has 0 unspecified atom stereocenters. The average Bonchev–Trinajstić information content (AvgIpc) is 2.86. The molecular formula is C19H24N6O2. The minimum absolute atomic E-state index is 0.362. The number of nitrogens with zero attached hydrogens (tertiary/aromatic N) is 4. The lowest BCUT2D eigenvalue weighted by atomic mass is 10.0. The van der Waals surface area contributed by atoms with Crippen LogP contribution >= 0.6 is 0 Å². The van der Waals surface area contributed by atoms with Gasteiger partial charge in [0, 0.05) is 37.3 Å². The number of nitrogens with two attached hydrogens (primary N) is 1. The smallest absolute Gasteiger partial charge is 0.314 e. The SMILES string of the molecule is COc1cc(C)c2nc3n[nH]c(C)c3c(N3CCCN(C(N)=O)CC3)c2c1. The minimum atomic E-state index is -0.362. The molecule has 3 aromatic rings. The van der Waals surface area contributed by atoms with Crippen LogP contribution in [0.25, 0.3) is 21.9 Å². The van der Waals surface area contributed by atoms with E-state index in [-0.39, 0.29) is 6.03 Å². The van der Waals surface area contributed by atoms with E-state index in [9.17, 15) is 4.79 Å². The van der Waals surface area contributed by atoms with Gasteiger partial charge in [0.2, 0.25) is 0 Å². The van der Waals surface area contributed by atoms with Gasteiger partial charge in [0.25, 0.3) is 0 Å². The first-order chi connectivity index (χ1) is 13.0. The molecule has 1 fully saturated rings. The van der Waals surface area contributed by atoms with Crippen LogP contribution in [-0.2, 0) is 0 Å². The number of ether oxygens (including phenoxy) is 1. The predicted octanol–water partition coefficient (Wildman–Crippen LogP) is 2.33. The summed E-state index contributed by atoms with van der Waals surface area (Å²) in [7, 11) is 1.67. The number of amides is 2. The molecule has 3 N–H and O–H groups in total. The molecule has 1 saturated heterocycles. The molecular weight excluding hydrogens is 344 g/mol. The highest BCUT2D eigenvalue weighted by atomic mass is 16.5. The Kier molecular flexibility index (Phi) is 4.25. The Hall–Kier alpha value is -3.03. The number of urea groups is 1. The number of anilines is 1. The van der Waals surface area contributed by atoms with Gasteiger partial charge in [0.05, 0.1) is 23.7 Å². The highest BCUT2D eigenvalue weighted by molar-refractivity contribution is 6.09. The largest absolute Gasteiger partial charge is 0.497 e. The highest BCUT2D eigenvalue weighted by Crippen LogP contribution is 2.38. The van der Waals surface area contributed by atoms with Crippen molar-refractivity contribution in [3.05, 3.63) is 23.4 Å². The lowest BCUT2D eigenvalue weighted by Crippen LogP contribution is -2.38. The number of fused-ring (bicyclic) bond motifs is 2. The molecule has 0 spiro atoms. The van der Waals surface area contributed by atoms with E-state index in [2.05, 4.69) is 15.1 Å². The van der Waals surface area contributed by atoms with Crippen LogP contribution in [0.1, 0.15) is 17.7 Å². The van der Waals surface area contributed by atoms with Gasteiger partial charge < -0.3 is 20.3 Å². The van der Waals surface area contributed by atoms with E-state index in [0.29, 0.717) is 25.3 Å². The zero-order valence-corrected chi connectivity index (χ0v) is 15.9. The Morgan fingerprint density at radius 2 is 2.04 bits per heavy atom. The number of hydrogen-bond donors (Lipinski definition) is 2. The Labute approximate surface area is 157 Å². The number of rotatable bonds is 2. The first kappa shape index (κ1) is 17.4. The summed E-state index contributed by atoms with van der Waals surface area (Å²) >= 11 is 0. The number of hydrogen-bond acceptors (Lipinski definition) is 5. The van der Waals surface area contributed by atoms with Crippen molar-refractivity contribution < 1.29 is 9.53 Å². The number of H-pyrrole nitrogens is 1. The third kappa shape index (κ3) is 2.90. The van der Waals surface area contributed by atoms with Crippen molar-refractivity contribution in [1.29, 1.82) is 0 Å². The molecule has 27 heavy (non-hydrogen) atoms. The van der Waals surface area contributed by atoms with Gasteiger partial charge in [-0.1, -0.05) is 0 Å². The lowest BCUT2D eigenvalue weighted by molar-refractivity contribution is 0.211. The average molecular weight is 368 g/mol. The van der Waals surface area contributed by atoms with Crippen LogP contribution in [0.4, 0.5) is 10.5 Å². The van der Waals surface area contributed by atoms with Crippen molar-refractivity contribution in [3.63, 3.8) is 0 Å². The number of nitrogens with one attached hydrogen (secondary N) is 1. The van der Waals surface area contributed by atoms with Crippen LogP contribution < -0.4 is 15.4 Å². The Morgan fingerprint density at radius 1 is 1.22 bits per heavy atom. The molecule has 0 radical (unpaired) electrons. The number of benzene rings is 1. The fourth-order valence-corrected chi connectivity index (χ4v) is 3.90. The summed E-state index contributed by atoms with van der Waals surface area (Å²) < 4.78 is 5.50. The summed E-state index contributed by atoms with van der Waals surface area (Å²) in [6, 6.07) is 3.66. The molecule has 8 heteroatoms. The molecule has 3 heterocycles. The summed E-state index contributed by atoms with van der Waals surface area (Å²) in [6.45, 7) is 6.85. The number of aryl methyl sites for hydroxylation is 2. The van der Waals surface area contributed by atoms with Gasteiger partial charge in [0.1, 0.15) is 5.75 Å². The van der Waals surface area contributed by atoms with Gasteiger partial charge in [-0.25, -0.2) is 9.78 Å². The lowest BCUT2D eigenvalue weighted by Gasteiger charge is -2.26. The van der Waals surface area contributed by atoms with Crippen LogP contribution in [0.15, 0.2) is 12.1 Å². The maximum atomic E-state index is 11.6. The molecule has 8 nitrogen and oxygen atoms in total. The van der Waals surface area contributed by atoms with Crippen LogP contribution in [0, 0.1) is 13.8 Å². The van der Waals surface area contributed by atoms with Gasteiger partial charge in [-0.2, -0.15) is 5.10 Å². The molecule has 1 aliphatic rings. The van der Waals surface area contributed by atoms with Crippen molar-refractivity contribution in [1.82, 2.24) is 20.1 Å². The molecule has 0 saturated carbocycles. The van der Waals surface area contributed by atoms with E-state index < -0.39 is 0 Å². The number of carbonyl (C=O) groups is 1. The van der Waals surface area contributed by atoms with E-state index in [0.717, 1.165) is 51.9 Å². The summed E-state index contributed by atoms with van der Waals surface area (Å²) in [5, 5.41) is 9.52. The van der Waals surface area contributed by atoms with Gasteiger partial charge in [-0.15, -0.1) is 0 Å². The van der Waals surface area contributed by atoms with Crippen molar-refractivity contribution in [2.45, 2.75) is 20.3 Å².